The Morgan fingerprint density at radius 3 is 2.65 bits per heavy atom. The van der Waals surface area contributed by atoms with Gasteiger partial charge in [-0.15, -0.1) is 11.3 Å². The highest BCUT2D eigenvalue weighted by atomic mass is 32.1. The maximum absolute atomic E-state index is 12.0. The number of hydrogen-bond acceptors (Lipinski definition) is 3. The van der Waals surface area contributed by atoms with E-state index in [-0.39, 0.29) is 0 Å². The summed E-state index contributed by atoms with van der Waals surface area (Å²) < 4.78 is 0. The Kier molecular flexibility index (Phi) is 4.74. The van der Waals surface area contributed by atoms with Crippen molar-refractivity contribution in [2.75, 3.05) is 18.4 Å². The van der Waals surface area contributed by atoms with Crippen molar-refractivity contribution in [3.05, 3.63) is 52.2 Å². The van der Waals surface area contributed by atoms with Crippen LogP contribution >= 0.6 is 11.3 Å². The number of benzene rings is 1. The molecule has 23 heavy (non-hydrogen) atoms. The lowest BCUT2D eigenvalue weighted by molar-refractivity contribution is -0.142. The Balaban J connectivity index is 1.67. The van der Waals surface area contributed by atoms with Gasteiger partial charge in [0.05, 0.1) is 4.88 Å². The summed E-state index contributed by atoms with van der Waals surface area (Å²) >= 11 is 1.58. The third kappa shape index (κ3) is 3.99. The molecule has 1 N–H and O–H groups in total. The average Bonchev–Trinajstić information content (AvgIpc) is 3.26. The van der Waals surface area contributed by atoms with Crippen LogP contribution in [0.1, 0.15) is 23.3 Å². The first kappa shape index (κ1) is 15.3. The molecule has 0 radical (unpaired) electrons. The monoisotopic (exact) mass is 324 g/mol. The number of hydrogen-bond donors (Lipinski definition) is 1. The van der Waals surface area contributed by atoms with Crippen LogP contribution < -0.4 is 5.32 Å². The molecule has 116 valence electrons. The molecule has 2 heterocycles. The predicted octanol–water partition coefficient (Wildman–Crippen LogP) is 2.71. The van der Waals surface area contributed by atoms with E-state index in [1.807, 2.05) is 29.6 Å². The summed E-state index contributed by atoms with van der Waals surface area (Å²) in [6, 6.07) is 11.1. The third-order valence-corrected chi connectivity index (χ3v) is 4.34. The zero-order chi connectivity index (χ0) is 16.1. The first-order chi connectivity index (χ1) is 11.2. The van der Waals surface area contributed by atoms with E-state index >= 15 is 0 Å². The Labute approximate surface area is 139 Å². The van der Waals surface area contributed by atoms with Crippen molar-refractivity contribution in [1.29, 1.82) is 0 Å². The van der Waals surface area contributed by atoms with Crippen LogP contribution in [-0.2, 0) is 9.59 Å². The lowest BCUT2D eigenvalue weighted by Crippen LogP contribution is -2.37. The van der Waals surface area contributed by atoms with Crippen LogP contribution in [0.5, 0.6) is 0 Å². The topological polar surface area (TPSA) is 49.4 Å². The fourth-order valence-corrected chi connectivity index (χ4v) is 2.98. The standard InChI is InChI=1S/C18H16N2O2S/c21-17(18(22)20-10-1-2-11-20)19-15-6-3-5-14(13-15)8-9-16-7-4-12-23-16/h3-7,12-13H,1-2,10-11H2,(H,19,21). The fraction of sp³-hybridized carbons (Fsp3) is 0.222. The molecular formula is C18H16N2O2S. The van der Waals surface area contributed by atoms with E-state index in [0.29, 0.717) is 18.8 Å². The Bertz CT molecular complexity index is 766. The van der Waals surface area contributed by atoms with Gasteiger partial charge in [-0.3, -0.25) is 9.59 Å². The molecule has 0 bridgehead atoms. The quantitative estimate of drug-likeness (QED) is 0.648. The largest absolute Gasteiger partial charge is 0.334 e. The number of thiophene rings is 1. The normalized spacial score (nSPS) is 13.3. The number of carbonyl (C=O) groups is 2. The fourth-order valence-electron chi connectivity index (χ4n) is 2.41. The van der Waals surface area contributed by atoms with E-state index in [4.69, 9.17) is 0 Å². The number of amides is 2. The van der Waals surface area contributed by atoms with Crippen molar-refractivity contribution >= 4 is 28.8 Å². The zero-order valence-corrected chi connectivity index (χ0v) is 13.4. The summed E-state index contributed by atoms with van der Waals surface area (Å²) in [6.07, 6.45) is 1.93. The van der Waals surface area contributed by atoms with Crippen LogP contribution in [0, 0.1) is 11.8 Å². The molecule has 1 aromatic carbocycles. The van der Waals surface area contributed by atoms with Crippen LogP contribution in [-0.4, -0.2) is 29.8 Å². The van der Waals surface area contributed by atoms with Crippen molar-refractivity contribution in [2.45, 2.75) is 12.8 Å². The third-order valence-electron chi connectivity index (χ3n) is 3.56. The molecule has 0 aliphatic carbocycles. The second-order valence-corrected chi connectivity index (χ2v) is 6.21. The molecule has 1 aliphatic rings. The second-order valence-electron chi connectivity index (χ2n) is 5.26. The summed E-state index contributed by atoms with van der Waals surface area (Å²) in [5, 5.41) is 4.63. The van der Waals surface area contributed by atoms with Crippen molar-refractivity contribution in [1.82, 2.24) is 4.90 Å². The molecule has 2 aromatic rings. The minimum Gasteiger partial charge on any atom is -0.334 e. The minimum atomic E-state index is -0.588. The van der Waals surface area contributed by atoms with E-state index < -0.39 is 11.8 Å². The van der Waals surface area contributed by atoms with Gasteiger partial charge >= 0.3 is 11.8 Å². The molecule has 1 aromatic heterocycles. The molecule has 1 saturated heterocycles. The maximum atomic E-state index is 12.0. The van der Waals surface area contributed by atoms with Gasteiger partial charge in [-0.2, -0.15) is 0 Å². The van der Waals surface area contributed by atoms with Gasteiger partial charge < -0.3 is 10.2 Å². The van der Waals surface area contributed by atoms with Crippen molar-refractivity contribution in [3.8, 4) is 11.8 Å². The van der Waals surface area contributed by atoms with E-state index in [1.54, 1.807) is 28.4 Å². The molecule has 5 heteroatoms. The first-order valence-corrected chi connectivity index (χ1v) is 8.36. The number of rotatable bonds is 1. The number of nitrogens with zero attached hydrogens (tertiary/aromatic N) is 1. The molecule has 0 atom stereocenters. The Morgan fingerprint density at radius 2 is 1.91 bits per heavy atom. The van der Waals surface area contributed by atoms with E-state index in [9.17, 15) is 9.59 Å². The van der Waals surface area contributed by atoms with Crippen LogP contribution in [0.15, 0.2) is 41.8 Å². The van der Waals surface area contributed by atoms with Crippen LogP contribution in [0.2, 0.25) is 0 Å². The lowest BCUT2D eigenvalue weighted by atomic mass is 10.2. The van der Waals surface area contributed by atoms with Gasteiger partial charge in [-0.1, -0.05) is 24.0 Å². The molecule has 1 aliphatic heterocycles. The van der Waals surface area contributed by atoms with Crippen molar-refractivity contribution in [2.24, 2.45) is 0 Å². The molecule has 3 rings (SSSR count). The zero-order valence-electron chi connectivity index (χ0n) is 12.5. The summed E-state index contributed by atoms with van der Waals surface area (Å²) in [5.74, 6) is 5.08. The average molecular weight is 324 g/mol. The second kappa shape index (κ2) is 7.12. The Hall–Kier alpha value is -2.58. The van der Waals surface area contributed by atoms with E-state index in [0.717, 1.165) is 23.3 Å². The highest BCUT2D eigenvalue weighted by molar-refractivity contribution is 7.10. The predicted molar refractivity (Wildman–Crippen MR) is 91.2 cm³/mol. The van der Waals surface area contributed by atoms with E-state index in [2.05, 4.69) is 17.2 Å². The maximum Gasteiger partial charge on any atom is 0.313 e. The van der Waals surface area contributed by atoms with Gasteiger partial charge in [0.1, 0.15) is 0 Å². The van der Waals surface area contributed by atoms with Crippen LogP contribution in [0.25, 0.3) is 0 Å². The van der Waals surface area contributed by atoms with Crippen LogP contribution in [0.3, 0.4) is 0 Å². The molecular weight excluding hydrogens is 308 g/mol. The summed E-state index contributed by atoms with van der Waals surface area (Å²) in [5.41, 5.74) is 1.38. The smallest absolute Gasteiger partial charge is 0.313 e. The molecule has 4 nitrogen and oxygen atoms in total. The summed E-state index contributed by atoms with van der Waals surface area (Å²) in [4.78, 5) is 26.6. The molecule has 1 fully saturated rings. The molecule has 0 saturated carbocycles. The van der Waals surface area contributed by atoms with Gasteiger partial charge in [0.15, 0.2) is 0 Å². The summed E-state index contributed by atoms with van der Waals surface area (Å²) in [6.45, 7) is 1.33. The van der Waals surface area contributed by atoms with Gasteiger partial charge in [0, 0.05) is 24.3 Å². The molecule has 2 amide bonds. The van der Waals surface area contributed by atoms with Gasteiger partial charge in [0.2, 0.25) is 0 Å². The number of likely N-dealkylation sites (tertiary alicyclic amines) is 1. The van der Waals surface area contributed by atoms with E-state index in [1.165, 1.54) is 0 Å². The Morgan fingerprint density at radius 1 is 1.09 bits per heavy atom. The minimum absolute atomic E-state index is 0.461. The molecule has 0 unspecified atom stereocenters. The highest BCUT2D eigenvalue weighted by Crippen LogP contribution is 2.13. The lowest BCUT2D eigenvalue weighted by Gasteiger charge is -2.14. The van der Waals surface area contributed by atoms with Crippen molar-refractivity contribution in [3.63, 3.8) is 0 Å². The first-order valence-electron chi connectivity index (χ1n) is 7.48. The number of nitrogens with one attached hydrogen (secondary N) is 1. The highest BCUT2D eigenvalue weighted by Gasteiger charge is 2.24. The SMILES string of the molecule is O=C(Nc1cccc(C#Cc2cccs2)c1)C(=O)N1CCCC1. The number of anilines is 1. The van der Waals surface area contributed by atoms with Gasteiger partial charge in [-0.05, 0) is 42.5 Å². The number of carbonyl (C=O) groups excluding carboxylic acids is 2. The van der Waals surface area contributed by atoms with Crippen LogP contribution in [0.4, 0.5) is 5.69 Å². The van der Waals surface area contributed by atoms with Gasteiger partial charge in [0.25, 0.3) is 0 Å². The van der Waals surface area contributed by atoms with Crippen molar-refractivity contribution < 1.29 is 9.59 Å². The molecule has 0 spiro atoms. The van der Waals surface area contributed by atoms with Gasteiger partial charge in [-0.25, -0.2) is 0 Å². The summed E-state index contributed by atoms with van der Waals surface area (Å²) in [7, 11) is 0.